The molecule has 23 heavy (non-hydrogen) atoms. The van der Waals surface area contributed by atoms with Gasteiger partial charge in [-0.1, -0.05) is 42.7 Å². The van der Waals surface area contributed by atoms with Crippen molar-refractivity contribution in [3.05, 3.63) is 35.4 Å². The van der Waals surface area contributed by atoms with E-state index in [1.165, 1.54) is 24.0 Å². The zero-order chi connectivity index (χ0) is 16.4. The predicted molar refractivity (Wildman–Crippen MR) is 94.2 cm³/mol. The van der Waals surface area contributed by atoms with Crippen molar-refractivity contribution in [3.63, 3.8) is 0 Å². The van der Waals surface area contributed by atoms with Crippen LogP contribution in [-0.2, 0) is 4.79 Å². The van der Waals surface area contributed by atoms with Crippen LogP contribution < -0.4 is 5.73 Å². The molecule has 3 rings (SSSR count). The number of benzene rings is 1. The molecular formula is C20H30N2O. The van der Waals surface area contributed by atoms with E-state index in [1.54, 1.807) is 0 Å². The summed E-state index contributed by atoms with van der Waals surface area (Å²) in [6.45, 7) is 2.77. The van der Waals surface area contributed by atoms with Crippen LogP contribution in [0.3, 0.4) is 0 Å². The number of likely N-dealkylation sites (N-methyl/N-ethyl adjacent to an activating group) is 1. The van der Waals surface area contributed by atoms with Gasteiger partial charge in [-0.05, 0) is 50.6 Å². The van der Waals surface area contributed by atoms with Crippen LogP contribution in [0.25, 0.3) is 0 Å². The van der Waals surface area contributed by atoms with Gasteiger partial charge in [-0.25, -0.2) is 0 Å². The Hall–Kier alpha value is -1.35. The SMILES string of the molecule is Cc1ccc(C2CCCC2N(C)C(=O)[C@@H]2CCC[C@@H]2CN)cc1. The zero-order valence-corrected chi connectivity index (χ0v) is 14.5. The van der Waals surface area contributed by atoms with E-state index in [9.17, 15) is 4.79 Å². The van der Waals surface area contributed by atoms with E-state index in [0.717, 1.165) is 25.7 Å². The van der Waals surface area contributed by atoms with Gasteiger partial charge in [-0.15, -0.1) is 0 Å². The molecule has 2 N–H and O–H groups in total. The number of nitrogens with zero attached hydrogens (tertiary/aromatic N) is 1. The van der Waals surface area contributed by atoms with Crippen molar-refractivity contribution < 1.29 is 4.79 Å². The molecule has 0 aromatic heterocycles. The third-order valence-electron chi connectivity index (χ3n) is 6.11. The van der Waals surface area contributed by atoms with E-state index in [1.807, 2.05) is 7.05 Å². The van der Waals surface area contributed by atoms with Crippen molar-refractivity contribution in [1.82, 2.24) is 4.90 Å². The molecule has 0 bridgehead atoms. The summed E-state index contributed by atoms with van der Waals surface area (Å²) in [6.07, 6.45) is 6.82. The zero-order valence-electron chi connectivity index (χ0n) is 14.5. The lowest BCUT2D eigenvalue weighted by Gasteiger charge is -2.33. The van der Waals surface area contributed by atoms with E-state index < -0.39 is 0 Å². The molecule has 0 aliphatic heterocycles. The number of carbonyl (C=O) groups excluding carboxylic acids is 1. The third kappa shape index (κ3) is 3.30. The standard InChI is InChI=1S/C20H30N2O/c1-14-9-11-15(12-10-14)17-6-4-8-19(17)22(2)20(23)18-7-3-5-16(18)13-21/h9-12,16-19H,3-8,13,21H2,1-2H3/t16-,17?,18-,19?/m1/s1. The summed E-state index contributed by atoms with van der Waals surface area (Å²) in [7, 11) is 2.02. The molecule has 1 amide bonds. The molecular weight excluding hydrogens is 284 g/mol. The fraction of sp³-hybridized carbons (Fsp3) is 0.650. The highest BCUT2D eigenvalue weighted by molar-refractivity contribution is 5.79. The first-order valence-corrected chi connectivity index (χ1v) is 9.15. The first-order valence-electron chi connectivity index (χ1n) is 9.15. The van der Waals surface area contributed by atoms with Crippen molar-refractivity contribution >= 4 is 5.91 Å². The van der Waals surface area contributed by atoms with Crippen molar-refractivity contribution in [3.8, 4) is 0 Å². The van der Waals surface area contributed by atoms with Gasteiger partial charge in [0.1, 0.15) is 0 Å². The van der Waals surface area contributed by atoms with Crippen molar-refractivity contribution in [1.29, 1.82) is 0 Å². The van der Waals surface area contributed by atoms with Crippen LogP contribution in [0.2, 0.25) is 0 Å². The Balaban J connectivity index is 1.74. The average molecular weight is 314 g/mol. The predicted octanol–water partition coefficient (Wildman–Crippen LogP) is 3.46. The molecule has 2 fully saturated rings. The van der Waals surface area contributed by atoms with Gasteiger partial charge < -0.3 is 10.6 Å². The Morgan fingerprint density at radius 1 is 1.13 bits per heavy atom. The monoisotopic (exact) mass is 314 g/mol. The van der Waals surface area contributed by atoms with Crippen LogP contribution in [0.5, 0.6) is 0 Å². The Bertz CT molecular complexity index is 539. The van der Waals surface area contributed by atoms with Crippen LogP contribution in [0.4, 0.5) is 0 Å². The number of rotatable bonds is 4. The molecule has 2 aliphatic carbocycles. The fourth-order valence-corrected chi connectivity index (χ4v) is 4.68. The Morgan fingerprint density at radius 3 is 2.52 bits per heavy atom. The molecule has 1 aromatic rings. The summed E-state index contributed by atoms with van der Waals surface area (Å²) in [4.78, 5) is 15.1. The molecule has 2 unspecified atom stereocenters. The van der Waals surface area contributed by atoms with E-state index in [-0.39, 0.29) is 5.92 Å². The molecule has 3 nitrogen and oxygen atoms in total. The largest absolute Gasteiger partial charge is 0.342 e. The van der Waals surface area contributed by atoms with Gasteiger partial charge in [0.05, 0.1) is 0 Å². The number of aryl methyl sites for hydroxylation is 1. The minimum atomic E-state index is 0.157. The first kappa shape index (κ1) is 16.5. The molecule has 0 spiro atoms. The quantitative estimate of drug-likeness (QED) is 0.925. The van der Waals surface area contributed by atoms with Crippen LogP contribution in [0.15, 0.2) is 24.3 Å². The maximum atomic E-state index is 13.0. The molecule has 126 valence electrons. The summed E-state index contributed by atoms with van der Waals surface area (Å²) >= 11 is 0. The van der Waals surface area contributed by atoms with Crippen LogP contribution >= 0.6 is 0 Å². The first-order chi connectivity index (χ1) is 11.1. The highest BCUT2D eigenvalue weighted by Gasteiger charge is 2.39. The highest BCUT2D eigenvalue weighted by Crippen LogP contribution is 2.40. The number of hydrogen-bond acceptors (Lipinski definition) is 2. The van der Waals surface area contributed by atoms with Gasteiger partial charge in [-0.3, -0.25) is 4.79 Å². The Kier molecular flexibility index (Phi) is 5.05. The maximum Gasteiger partial charge on any atom is 0.226 e. The van der Waals surface area contributed by atoms with Crippen LogP contribution in [0, 0.1) is 18.8 Å². The second-order valence-corrected chi connectivity index (χ2v) is 7.50. The topological polar surface area (TPSA) is 46.3 Å². The lowest BCUT2D eigenvalue weighted by atomic mass is 9.90. The molecule has 0 saturated heterocycles. The average Bonchev–Trinajstić information content (AvgIpc) is 3.23. The van der Waals surface area contributed by atoms with Crippen molar-refractivity contribution in [2.45, 2.75) is 57.4 Å². The normalized spacial score (nSPS) is 30.6. The van der Waals surface area contributed by atoms with E-state index in [2.05, 4.69) is 36.1 Å². The minimum Gasteiger partial charge on any atom is -0.342 e. The van der Waals surface area contributed by atoms with Crippen molar-refractivity contribution in [2.75, 3.05) is 13.6 Å². The molecule has 1 aromatic carbocycles. The second kappa shape index (κ2) is 7.04. The number of hydrogen-bond donors (Lipinski definition) is 1. The molecule has 4 atom stereocenters. The molecule has 2 aliphatic rings. The minimum absolute atomic E-state index is 0.157. The lowest BCUT2D eigenvalue weighted by molar-refractivity contribution is -0.137. The second-order valence-electron chi connectivity index (χ2n) is 7.50. The van der Waals surface area contributed by atoms with Gasteiger partial charge in [-0.2, -0.15) is 0 Å². The van der Waals surface area contributed by atoms with Crippen LogP contribution in [0.1, 0.15) is 55.6 Å². The number of amides is 1. The third-order valence-corrected chi connectivity index (χ3v) is 6.11. The van der Waals surface area contributed by atoms with Gasteiger partial charge in [0, 0.05) is 24.9 Å². The Labute approximate surface area is 140 Å². The lowest BCUT2D eigenvalue weighted by Crippen LogP contribution is -2.43. The number of carbonyl (C=O) groups is 1. The Morgan fingerprint density at radius 2 is 1.83 bits per heavy atom. The molecule has 0 heterocycles. The van der Waals surface area contributed by atoms with Crippen LogP contribution in [-0.4, -0.2) is 30.4 Å². The van der Waals surface area contributed by atoms with E-state index in [4.69, 9.17) is 5.73 Å². The van der Waals surface area contributed by atoms with E-state index >= 15 is 0 Å². The summed E-state index contributed by atoms with van der Waals surface area (Å²) < 4.78 is 0. The fourth-order valence-electron chi connectivity index (χ4n) is 4.68. The molecule has 3 heteroatoms. The smallest absolute Gasteiger partial charge is 0.226 e. The maximum absolute atomic E-state index is 13.0. The summed E-state index contributed by atoms with van der Waals surface area (Å²) in [5.41, 5.74) is 8.56. The highest BCUT2D eigenvalue weighted by atomic mass is 16.2. The van der Waals surface area contributed by atoms with Gasteiger partial charge >= 0.3 is 0 Å². The number of nitrogens with two attached hydrogens (primary N) is 1. The molecule has 0 radical (unpaired) electrons. The summed E-state index contributed by atoms with van der Waals surface area (Å²) in [5, 5.41) is 0. The van der Waals surface area contributed by atoms with E-state index in [0.29, 0.717) is 30.3 Å². The molecule has 2 saturated carbocycles. The summed E-state index contributed by atoms with van der Waals surface area (Å²) in [5.74, 6) is 1.37. The summed E-state index contributed by atoms with van der Waals surface area (Å²) in [6, 6.07) is 9.22. The van der Waals surface area contributed by atoms with Gasteiger partial charge in [0.15, 0.2) is 0 Å². The van der Waals surface area contributed by atoms with Crippen molar-refractivity contribution in [2.24, 2.45) is 17.6 Å². The van der Waals surface area contributed by atoms with Gasteiger partial charge in [0.2, 0.25) is 5.91 Å². The van der Waals surface area contributed by atoms with Gasteiger partial charge in [0.25, 0.3) is 0 Å².